The van der Waals surface area contributed by atoms with Gasteiger partial charge in [-0.2, -0.15) is 15.2 Å². The van der Waals surface area contributed by atoms with Crippen molar-refractivity contribution in [3.8, 4) is 0 Å². The highest BCUT2D eigenvalue weighted by atomic mass is 15.4. The van der Waals surface area contributed by atoms with Gasteiger partial charge in [-0.05, 0) is 27.7 Å². The standard InChI is InChI=1S/C10H16N6/c1-7(2)13-15-9-5-6-11-10(12-9)16-14-8(3)4/h5-6H,1-4H3,(H2,11,12,15,16). The van der Waals surface area contributed by atoms with Crippen LogP contribution in [0.5, 0.6) is 0 Å². The highest BCUT2D eigenvalue weighted by molar-refractivity contribution is 5.80. The van der Waals surface area contributed by atoms with Crippen LogP contribution in [-0.2, 0) is 0 Å². The van der Waals surface area contributed by atoms with E-state index in [1.807, 2.05) is 27.7 Å². The monoisotopic (exact) mass is 220 g/mol. The van der Waals surface area contributed by atoms with Crippen molar-refractivity contribution >= 4 is 23.2 Å². The predicted octanol–water partition coefficient (Wildman–Crippen LogP) is 2.09. The van der Waals surface area contributed by atoms with Gasteiger partial charge in [0, 0.05) is 23.7 Å². The molecule has 6 nitrogen and oxygen atoms in total. The van der Waals surface area contributed by atoms with E-state index in [0.29, 0.717) is 11.8 Å². The molecule has 1 rings (SSSR count). The Labute approximate surface area is 94.9 Å². The Hall–Kier alpha value is -1.98. The predicted molar refractivity (Wildman–Crippen MR) is 66.8 cm³/mol. The first-order chi connectivity index (χ1) is 7.58. The van der Waals surface area contributed by atoms with Crippen molar-refractivity contribution in [1.29, 1.82) is 0 Å². The number of nitrogens with one attached hydrogen (secondary N) is 2. The van der Waals surface area contributed by atoms with Gasteiger partial charge < -0.3 is 0 Å². The third-order valence-corrected chi connectivity index (χ3v) is 1.43. The Balaban J connectivity index is 2.71. The number of aromatic nitrogens is 2. The van der Waals surface area contributed by atoms with E-state index in [9.17, 15) is 0 Å². The topological polar surface area (TPSA) is 74.6 Å². The average molecular weight is 220 g/mol. The summed E-state index contributed by atoms with van der Waals surface area (Å²) in [5, 5.41) is 8.05. The van der Waals surface area contributed by atoms with Crippen molar-refractivity contribution in [1.82, 2.24) is 9.97 Å². The van der Waals surface area contributed by atoms with Crippen LogP contribution in [0.25, 0.3) is 0 Å². The second-order valence-corrected chi connectivity index (χ2v) is 3.61. The van der Waals surface area contributed by atoms with E-state index in [-0.39, 0.29) is 0 Å². The molecule has 0 saturated carbocycles. The van der Waals surface area contributed by atoms with Crippen molar-refractivity contribution in [2.75, 3.05) is 10.9 Å². The van der Waals surface area contributed by atoms with Gasteiger partial charge in [-0.25, -0.2) is 10.4 Å². The van der Waals surface area contributed by atoms with Gasteiger partial charge in [-0.15, -0.1) is 0 Å². The van der Waals surface area contributed by atoms with E-state index in [2.05, 4.69) is 31.0 Å². The number of hydrogen-bond acceptors (Lipinski definition) is 6. The van der Waals surface area contributed by atoms with E-state index < -0.39 is 0 Å². The fraction of sp³-hybridized carbons (Fsp3) is 0.400. The normalized spacial score (nSPS) is 9.25. The summed E-state index contributed by atoms with van der Waals surface area (Å²) in [6, 6.07) is 1.74. The SMILES string of the molecule is CC(C)=NNc1ccnc(NN=C(C)C)n1. The number of rotatable bonds is 4. The van der Waals surface area contributed by atoms with E-state index in [1.165, 1.54) is 0 Å². The van der Waals surface area contributed by atoms with Crippen LogP contribution in [0.3, 0.4) is 0 Å². The molecule has 0 radical (unpaired) electrons. The molecule has 2 N–H and O–H groups in total. The Kier molecular flexibility index (Phi) is 4.38. The molecule has 0 unspecified atom stereocenters. The van der Waals surface area contributed by atoms with E-state index in [0.717, 1.165) is 11.4 Å². The quantitative estimate of drug-likeness (QED) is 0.602. The molecular weight excluding hydrogens is 204 g/mol. The first kappa shape index (κ1) is 12.1. The van der Waals surface area contributed by atoms with Crippen LogP contribution in [0, 0.1) is 0 Å². The molecule has 1 aromatic heterocycles. The largest absolute Gasteiger partial charge is 0.261 e. The highest BCUT2D eigenvalue weighted by Crippen LogP contribution is 2.05. The molecule has 0 aliphatic heterocycles. The molecule has 16 heavy (non-hydrogen) atoms. The van der Waals surface area contributed by atoms with Gasteiger partial charge in [0.15, 0.2) is 5.82 Å². The molecule has 86 valence electrons. The molecule has 0 spiro atoms. The van der Waals surface area contributed by atoms with Crippen LogP contribution < -0.4 is 10.9 Å². The van der Waals surface area contributed by atoms with Crippen LogP contribution in [0.1, 0.15) is 27.7 Å². The van der Waals surface area contributed by atoms with Crippen molar-refractivity contribution in [3.63, 3.8) is 0 Å². The summed E-state index contributed by atoms with van der Waals surface area (Å²) in [5.41, 5.74) is 7.40. The van der Waals surface area contributed by atoms with E-state index in [4.69, 9.17) is 0 Å². The summed E-state index contributed by atoms with van der Waals surface area (Å²) in [7, 11) is 0. The van der Waals surface area contributed by atoms with Crippen LogP contribution in [0.2, 0.25) is 0 Å². The van der Waals surface area contributed by atoms with Crippen molar-refractivity contribution in [3.05, 3.63) is 12.3 Å². The first-order valence-electron chi connectivity index (χ1n) is 4.95. The lowest BCUT2D eigenvalue weighted by Gasteiger charge is -2.02. The summed E-state index contributed by atoms with van der Waals surface area (Å²) in [6.07, 6.45) is 1.64. The maximum atomic E-state index is 4.17. The maximum absolute atomic E-state index is 4.17. The molecule has 1 heterocycles. The zero-order valence-corrected chi connectivity index (χ0v) is 9.94. The summed E-state index contributed by atoms with van der Waals surface area (Å²) in [5.74, 6) is 1.07. The minimum atomic E-state index is 0.440. The Bertz CT molecular complexity index is 366. The van der Waals surface area contributed by atoms with Gasteiger partial charge in [0.1, 0.15) is 0 Å². The fourth-order valence-corrected chi connectivity index (χ4v) is 0.806. The van der Waals surface area contributed by atoms with Crippen molar-refractivity contribution in [2.45, 2.75) is 27.7 Å². The van der Waals surface area contributed by atoms with Gasteiger partial charge in [0.2, 0.25) is 5.95 Å². The second kappa shape index (κ2) is 5.79. The van der Waals surface area contributed by atoms with Gasteiger partial charge in [-0.3, -0.25) is 5.43 Å². The van der Waals surface area contributed by atoms with Crippen LogP contribution >= 0.6 is 0 Å². The zero-order chi connectivity index (χ0) is 12.0. The lowest BCUT2D eigenvalue weighted by molar-refractivity contribution is 1.10. The number of hydrazone groups is 2. The van der Waals surface area contributed by atoms with Crippen molar-refractivity contribution in [2.24, 2.45) is 10.2 Å². The lowest BCUT2D eigenvalue weighted by atomic mass is 10.5. The summed E-state index contributed by atoms with van der Waals surface area (Å²) in [6.45, 7) is 7.58. The smallest absolute Gasteiger partial charge is 0.245 e. The Morgan fingerprint density at radius 1 is 1.06 bits per heavy atom. The third-order valence-electron chi connectivity index (χ3n) is 1.43. The minimum absolute atomic E-state index is 0.440. The number of anilines is 2. The number of hydrogen-bond donors (Lipinski definition) is 2. The van der Waals surface area contributed by atoms with Crippen LogP contribution in [0.15, 0.2) is 22.5 Å². The Morgan fingerprint density at radius 3 is 2.31 bits per heavy atom. The molecule has 6 heteroatoms. The molecular formula is C10H16N6. The fourth-order valence-electron chi connectivity index (χ4n) is 0.806. The molecule has 0 aromatic carbocycles. The van der Waals surface area contributed by atoms with Crippen LogP contribution in [0.4, 0.5) is 11.8 Å². The molecule has 0 bridgehead atoms. The molecule has 0 saturated heterocycles. The van der Waals surface area contributed by atoms with Gasteiger partial charge >= 0.3 is 0 Å². The molecule has 0 aliphatic rings. The Morgan fingerprint density at radius 2 is 1.69 bits per heavy atom. The molecule has 0 fully saturated rings. The lowest BCUT2D eigenvalue weighted by Crippen LogP contribution is -2.01. The third kappa shape index (κ3) is 4.50. The molecule has 0 atom stereocenters. The number of nitrogens with zero attached hydrogens (tertiary/aromatic N) is 4. The first-order valence-corrected chi connectivity index (χ1v) is 4.95. The second-order valence-electron chi connectivity index (χ2n) is 3.61. The van der Waals surface area contributed by atoms with Gasteiger partial charge in [-0.1, -0.05) is 0 Å². The van der Waals surface area contributed by atoms with Crippen LogP contribution in [-0.4, -0.2) is 21.4 Å². The minimum Gasteiger partial charge on any atom is -0.261 e. The average Bonchev–Trinajstić information content (AvgIpc) is 2.24. The molecule has 0 amide bonds. The van der Waals surface area contributed by atoms with Gasteiger partial charge in [0.05, 0.1) is 0 Å². The summed E-state index contributed by atoms with van der Waals surface area (Å²) in [4.78, 5) is 8.19. The van der Waals surface area contributed by atoms with E-state index in [1.54, 1.807) is 12.3 Å². The van der Waals surface area contributed by atoms with Crippen molar-refractivity contribution < 1.29 is 0 Å². The summed E-state index contributed by atoms with van der Waals surface area (Å²) >= 11 is 0. The maximum Gasteiger partial charge on any atom is 0.245 e. The summed E-state index contributed by atoms with van der Waals surface area (Å²) < 4.78 is 0. The highest BCUT2D eigenvalue weighted by Gasteiger charge is 1.96. The molecule has 0 aliphatic carbocycles. The van der Waals surface area contributed by atoms with Gasteiger partial charge in [0.25, 0.3) is 0 Å². The zero-order valence-electron chi connectivity index (χ0n) is 9.94. The van der Waals surface area contributed by atoms with E-state index >= 15 is 0 Å². The molecule has 1 aromatic rings.